The third kappa shape index (κ3) is 4.49. The SMILES string of the molecule is Cc1ccc(Oc2ccc(Nc3ncnc4cnc(N5CC(S(C)(=O)=O)C5)cc34)cc2C)cn1. The first-order valence-corrected chi connectivity index (χ1v) is 12.7. The number of nitrogens with one attached hydrogen (secondary N) is 1. The van der Waals surface area contributed by atoms with Gasteiger partial charge in [-0.3, -0.25) is 4.98 Å². The molecule has 0 amide bonds. The van der Waals surface area contributed by atoms with Crippen LogP contribution in [0.2, 0.25) is 0 Å². The summed E-state index contributed by atoms with van der Waals surface area (Å²) in [6.45, 7) is 4.78. The van der Waals surface area contributed by atoms with E-state index in [-0.39, 0.29) is 5.25 Å². The summed E-state index contributed by atoms with van der Waals surface area (Å²) in [4.78, 5) is 19.4. The highest BCUT2D eigenvalue weighted by Gasteiger charge is 2.35. The van der Waals surface area contributed by atoms with Crippen LogP contribution in [0.3, 0.4) is 0 Å². The molecule has 4 aromatic rings. The number of aromatic nitrogens is 4. The van der Waals surface area contributed by atoms with Crippen LogP contribution in [0.4, 0.5) is 17.3 Å². The summed E-state index contributed by atoms with van der Waals surface area (Å²) in [5, 5.41) is 3.81. The summed E-state index contributed by atoms with van der Waals surface area (Å²) < 4.78 is 29.4. The first-order chi connectivity index (χ1) is 16.3. The fraction of sp³-hybridized carbons (Fsp3) is 0.250. The van der Waals surface area contributed by atoms with Crippen molar-refractivity contribution >= 4 is 38.1 Å². The van der Waals surface area contributed by atoms with Crippen molar-refractivity contribution in [2.45, 2.75) is 19.1 Å². The van der Waals surface area contributed by atoms with Crippen molar-refractivity contribution in [2.24, 2.45) is 0 Å². The molecule has 1 aliphatic heterocycles. The lowest BCUT2D eigenvalue weighted by Crippen LogP contribution is -2.54. The van der Waals surface area contributed by atoms with Gasteiger partial charge in [-0.2, -0.15) is 0 Å². The highest BCUT2D eigenvalue weighted by molar-refractivity contribution is 7.91. The molecule has 0 saturated carbocycles. The van der Waals surface area contributed by atoms with Crippen LogP contribution in [0.25, 0.3) is 10.9 Å². The van der Waals surface area contributed by atoms with Gasteiger partial charge in [0.1, 0.15) is 29.5 Å². The number of nitrogens with zero attached hydrogens (tertiary/aromatic N) is 5. The molecule has 1 N–H and O–H groups in total. The van der Waals surface area contributed by atoms with Gasteiger partial charge in [-0.15, -0.1) is 0 Å². The molecule has 0 aliphatic carbocycles. The number of sulfone groups is 1. The van der Waals surface area contributed by atoms with Crippen molar-refractivity contribution in [1.29, 1.82) is 0 Å². The minimum Gasteiger partial charge on any atom is -0.455 e. The van der Waals surface area contributed by atoms with Gasteiger partial charge < -0.3 is 15.0 Å². The average molecular weight is 477 g/mol. The number of ether oxygens (including phenoxy) is 1. The highest BCUT2D eigenvalue weighted by atomic mass is 32.2. The van der Waals surface area contributed by atoms with Crippen molar-refractivity contribution < 1.29 is 13.2 Å². The topological polar surface area (TPSA) is 110 Å². The first kappa shape index (κ1) is 22.0. The molecule has 0 spiro atoms. The van der Waals surface area contributed by atoms with Gasteiger partial charge >= 0.3 is 0 Å². The maximum Gasteiger partial charge on any atom is 0.153 e. The third-order valence-electron chi connectivity index (χ3n) is 5.83. The second kappa shape index (κ2) is 8.53. The van der Waals surface area contributed by atoms with Crippen LogP contribution >= 0.6 is 0 Å². The Labute approximate surface area is 197 Å². The molecule has 0 bridgehead atoms. The van der Waals surface area contributed by atoms with E-state index in [1.165, 1.54) is 12.6 Å². The quantitative estimate of drug-likeness (QED) is 0.444. The van der Waals surface area contributed by atoms with E-state index in [1.807, 2.05) is 55.1 Å². The van der Waals surface area contributed by atoms with Crippen molar-refractivity contribution in [3.8, 4) is 11.5 Å². The van der Waals surface area contributed by atoms with E-state index in [4.69, 9.17) is 4.74 Å². The summed E-state index contributed by atoms with van der Waals surface area (Å²) in [7, 11) is -3.05. The van der Waals surface area contributed by atoms with Crippen LogP contribution in [-0.4, -0.2) is 52.9 Å². The largest absolute Gasteiger partial charge is 0.455 e. The summed E-state index contributed by atoms with van der Waals surface area (Å²) >= 11 is 0. The Kier molecular flexibility index (Phi) is 5.52. The number of anilines is 3. The fourth-order valence-electron chi connectivity index (χ4n) is 3.74. The fourth-order valence-corrected chi connectivity index (χ4v) is 4.64. The maximum atomic E-state index is 11.7. The van der Waals surface area contributed by atoms with Crippen molar-refractivity contribution in [2.75, 3.05) is 29.6 Å². The zero-order valence-corrected chi connectivity index (χ0v) is 19.9. The van der Waals surface area contributed by atoms with E-state index < -0.39 is 9.84 Å². The second-order valence-corrected chi connectivity index (χ2v) is 10.8. The monoisotopic (exact) mass is 476 g/mol. The Morgan fingerprint density at radius 2 is 1.82 bits per heavy atom. The van der Waals surface area contributed by atoms with Gasteiger partial charge in [0, 0.05) is 36.1 Å². The Balaban J connectivity index is 1.37. The molecule has 1 saturated heterocycles. The van der Waals surface area contributed by atoms with Crippen molar-refractivity contribution in [3.05, 3.63) is 66.4 Å². The molecule has 34 heavy (non-hydrogen) atoms. The highest BCUT2D eigenvalue weighted by Crippen LogP contribution is 2.31. The molecular formula is C24H24N6O3S. The van der Waals surface area contributed by atoms with Crippen molar-refractivity contribution in [3.63, 3.8) is 0 Å². The third-order valence-corrected chi connectivity index (χ3v) is 7.34. The van der Waals surface area contributed by atoms with Crippen LogP contribution in [-0.2, 0) is 9.84 Å². The summed E-state index contributed by atoms with van der Waals surface area (Å²) in [6.07, 6.45) is 6.15. The Morgan fingerprint density at radius 1 is 1.00 bits per heavy atom. The van der Waals surface area contributed by atoms with Crippen LogP contribution in [0.1, 0.15) is 11.3 Å². The number of pyridine rings is 2. The van der Waals surface area contributed by atoms with Gasteiger partial charge in [0.05, 0.1) is 23.2 Å². The molecule has 0 radical (unpaired) electrons. The average Bonchev–Trinajstić information content (AvgIpc) is 2.75. The van der Waals surface area contributed by atoms with E-state index in [0.29, 0.717) is 36.0 Å². The van der Waals surface area contributed by atoms with Gasteiger partial charge in [-0.05, 0) is 55.8 Å². The molecule has 1 aliphatic rings. The molecule has 1 aromatic carbocycles. The smallest absolute Gasteiger partial charge is 0.153 e. The molecule has 0 unspecified atom stereocenters. The number of rotatable bonds is 6. The normalized spacial score (nSPS) is 14.1. The lowest BCUT2D eigenvalue weighted by Gasteiger charge is -2.38. The predicted octanol–water partition coefficient (Wildman–Crippen LogP) is 3.81. The molecule has 10 heteroatoms. The molecule has 174 valence electrons. The number of benzene rings is 1. The Bertz CT molecular complexity index is 1470. The molecule has 1 fully saturated rings. The van der Waals surface area contributed by atoms with Crippen molar-refractivity contribution in [1.82, 2.24) is 19.9 Å². The molecular weight excluding hydrogens is 452 g/mol. The van der Waals surface area contributed by atoms with Crippen LogP contribution < -0.4 is 15.0 Å². The summed E-state index contributed by atoms with van der Waals surface area (Å²) in [5.74, 6) is 2.77. The van der Waals surface area contributed by atoms with Gasteiger partial charge in [0.25, 0.3) is 0 Å². The van der Waals surface area contributed by atoms with E-state index >= 15 is 0 Å². The lowest BCUT2D eigenvalue weighted by atomic mass is 10.1. The standard InChI is InChI=1S/C24H24N6O3S/c1-15-8-17(5-7-22(15)33-18-6-4-16(2)25-10-18)29-24-20-9-23(26-11-21(20)27-14-28-24)30-12-19(13-30)34(3,31)32/h4-11,14,19H,12-13H2,1-3H3,(H,27,28,29). The van der Waals surface area contributed by atoms with Crippen LogP contribution in [0.15, 0.2) is 55.1 Å². The van der Waals surface area contributed by atoms with E-state index in [2.05, 4.69) is 25.3 Å². The van der Waals surface area contributed by atoms with E-state index in [1.54, 1.807) is 12.4 Å². The minimum absolute atomic E-state index is 0.353. The number of fused-ring (bicyclic) bond motifs is 1. The number of hydrogen-bond donors (Lipinski definition) is 1. The lowest BCUT2D eigenvalue weighted by molar-refractivity contribution is 0.476. The maximum absolute atomic E-state index is 11.7. The van der Waals surface area contributed by atoms with Gasteiger partial charge in [-0.25, -0.2) is 23.4 Å². The summed E-state index contributed by atoms with van der Waals surface area (Å²) in [6, 6.07) is 11.5. The Hall–Kier alpha value is -3.79. The molecule has 9 nitrogen and oxygen atoms in total. The minimum atomic E-state index is -3.05. The molecule has 0 atom stereocenters. The Morgan fingerprint density at radius 3 is 2.53 bits per heavy atom. The molecule has 3 aromatic heterocycles. The molecule has 5 rings (SSSR count). The van der Waals surface area contributed by atoms with E-state index in [0.717, 1.165) is 28.1 Å². The molecule has 4 heterocycles. The summed E-state index contributed by atoms with van der Waals surface area (Å²) in [5.41, 5.74) is 3.44. The number of hydrogen-bond acceptors (Lipinski definition) is 9. The van der Waals surface area contributed by atoms with Gasteiger partial charge in [0.2, 0.25) is 0 Å². The van der Waals surface area contributed by atoms with E-state index in [9.17, 15) is 8.42 Å². The second-order valence-electron chi connectivity index (χ2n) is 8.48. The van der Waals surface area contributed by atoms with Crippen LogP contribution in [0.5, 0.6) is 11.5 Å². The first-order valence-electron chi connectivity index (χ1n) is 10.8. The van der Waals surface area contributed by atoms with Crippen LogP contribution in [0, 0.1) is 13.8 Å². The number of aryl methyl sites for hydroxylation is 2. The van der Waals surface area contributed by atoms with Gasteiger partial charge in [0.15, 0.2) is 9.84 Å². The van der Waals surface area contributed by atoms with Gasteiger partial charge in [-0.1, -0.05) is 0 Å². The zero-order chi connectivity index (χ0) is 23.9. The zero-order valence-electron chi connectivity index (χ0n) is 19.1. The predicted molar refractivity (Wildman–Crippen MR) is 132 cm³/mol.